The number of rotatable bonds is 4. The lowest BCUT2D eigenvalue weighted by Crippen LogP contribution is -2.06. The highest BCUT2D eigenvalue weighted by atomic mass is 16.5. The Morgan fingerprint density at radius 1 is 1.33 bits per heavy atom. The Labute approximate surface area is 90.7 Å². The van der Waals surface area contributed by atoms with Crippen LogP contribution in [0, 0.1) is 5.92 Å². The highest BCUT2D eigenvalue weighted by Crippen LogP contribution is 2.24. The first-order valence-corrected chi connectivity index (χ1v) is 5.64. The molecule has 1 heterocycles. The van der Waals surface area contributed by atoms with E-state index in [1.165, 1.54) is 25.7 Å². The fourth-order valence-corrected chi connectivity index (χ4v) is 2.09. The van der Waals surface area contributed by atoms with Crippen LogP contribution in [-0.2, 0) is 11.3 Å². The first-order chi connectivity index (χ1) is 7.34. The fourth-order valence-electron chi connectivity index (χ4n) is 2.09. The highest BCUT2D eigenvalue weighted by molar-refractivity contribution is 5.28. The molecule has 0 radical (unpaired) electrons. The van der Waals surface area contributed by atoms with E-state index in [0.717, 1.165) is 18.2 Å². The van der Waals surface area contributed by atoms with E-state index < -0.39 is 0 Å². The molecule has 2 rings (SSSR count). The van der Waals surface area contributed by atoms with E-state index in [1.54, 1.807) is 6.07 Å². The molecule has 3 heteroatoms. The molecule has 15 heavy (non-hydrogen) atoms. The summed E-state index contributed by atoms with van der Waals surface area (Å²) in [6.07, 6.45) is 5.38. The summed E-state index contributed by atoms with van der Waals surface area (Å²) in [7, 11) is 0. The first-order valence-electron chi connectivity index (χ1n) is 5.64. The van der Waals surface area contributed by atoms with Gasteiger partial charge in [0.15, 0.2) is 0 Å². The van der Waals surface area contributed by atoms with Crippen molar-refractivity contribution in [2.24, 2.45) is 5.92 Å². The van der Waals surface area contributed by atoms with Crippen molar-refractivity contribution in [3.05, 3.63) is 23.9 Å². The zero-order valence-electron chi connectivity index (χ0n) is 8.98. The van der Waals surface area contributed by atoms with Gasteiger partial charge < -0.3 is 10.5 Å². The summed E-state index contributed by atoms with van der Waals surface area (Å²) >= 11 is 0. The number of hydrogen-bond acceptors (Lipinski definition) is 3. The minimum absolute atomic E-state index is 0.567. The van der Waals surface area contributed by atoms with Gasteiger partial charge in [0, 0.05) is 6.61 Å². The van der Waals surface area contributed by atoms with Crippen LogP contribution in [0.2, 0.25) is 0 Å². The summed E-state index contributed by atoms with van der Waals surface area (Å²) in [6.45, 7) is 1.46. The van der Waals surface area contributed by atoms with Crippen molar-refractivity contribution < 1.29 is 4.74 Å². The molecular formula is C12H18N2O. The van der Waals surface area contributed by atoms with Gasteiger partial charge in [0.05, 0.1) is 12.3 Å². The number of ether oxygens (including phenoxy) is 1. The molecule has 1 aliphatic carbocycles. The van der Waals surface area contributed by atoms with Gasteiger partial charge in [-0.05, 0) is 30.9 Å². The maximum Gasteiger partial charge on any atom is 0.123 e. The summed E-state index contributed by atoms with van der Waals surface area (Å²) in [5.41, 5.74) is 6.51. The molecule has 0 aliphatic heterocycles. The van der Waals surface area contributed by atoms with E-state index in [0.29, 0.717) is 12.4 Å². The zero-order chi connectivity index (χ0) is 10.5. The Kier molecular flexibility index (Phi) is 3.56. The smallest absolute Gasteiger partial charge is 0.123 e. The number of anilines is 1. The van der Waals surface area contributed by atoms with Gasteiger partial charge in [-0.25, -0.2) is 4.98 Å². The van der Waals surface area contributed by atoms with Gasteiger partial charge >= 0.3 is 0 Å². The maximum absolute atomic E-state index is 5.64. The predicted octanol–water partition coefficient (Wildman–Crippen LogP) is 2.37. The standard InChI is InChI=1S/C12H18N2O/c13-12-7-3-6-11(14-12)9-15-8-10-4-1-2-5-10/h3,6-7,10H,1-2,4-5,8-9H2,(H2,13,14). The average molecular weight is 206 g/mol. The number of nitrogens with zero attached hydrogens (tertiary/aromatic N) is 1. The molecular weight excluding hydrogens is 188 g/mol. The predicted molar refractivity (Wildman–Crippen MR) is 60.3 cm³/mol. The molecule has 1 fully saturated rings. The minimum atomic E-state index is 0.567. The minimum Gasteiger partial charge on any atom is -0.384 e. The third kappa shape index (κ3) is 3.20. The lowest BCUT2D eigenvalue weighted by molar-refractivity contribution is 0.0868. The molecule has 3 nitrogen and oxygen atoms in total. The molecule has 0 bridgehead atoms. The largest absolute Gasteiger partial charge is 0.384 e. The normalized spacial score (nSPS) is 17.1. The first kappa shape index (κ1) is 10.4. The number of nitrogens with two attached hydrogens (primary N) is 1. The molecule has 0 amide bonds. The topological polar surface area (TPSA) is 48.1 Å². The van der Waals surface area contributed by atoms with Gasteiger partial charge in [0.1, 0.15) is 5.82 Å². The Bertz CT molecular complexity index is 308. The molecule has 1 aromatic rings. The van der Waals surface area contributed by atoms with E-state index in [2.05, 4.69) is 4.98 Å². The van der Waals surface area contributed by atoms with Crippen LogP contribution in [0.1, 0.15) is 31.4 Å². The van der Waals surface area contributed by atoms with Gasteiger partial charge in [0.25, 0.3) is 0 Å². The van der Waals surface area contributed by atoms with Crippen molar-refractivity contribution in [3.63, 3.8) is 0 Å². The fraction of sp³-hybridized carbons (Fsp3) is 0.583. The second-order valence-electron chi connectivity index (χ2n) is 4.22. The van der Waals surface area contributed by atoms with E-state index in [9.17, 15) is 0 Å². The number of hydrogen-bond donors (Lipinski definition) is 1. The molecule has 0 saturated heterocycles. The Balaban J connectivity index is 1.73. The summed E-state index contributed by atoms with van der Waals surface area (Å²) in [5.74, 6) is 1.34. The van der Waals surface area contributed by atoms with Crippen molar-refractivity contribution >= 4 is 5.82 Å². The van der Waals surface area contributed by atoms with Crippen molar-refractivity contribution in [2.45, 2.75) is 32.3 Å². The van der Waals surface area contributed by atoms with Crippen LogP contribution >= 0.6 is 0 Å². The lowest BCUT2D eigenvalue weighted by atomic mass is 10.1. The van der Waals surface area contributed by atoms with Crippen molar-refractivity contribution in [3.8, 4) is 0 Å². The van der Waals surface area contributed by atoms with Crippen LogP contribution in [0.3, 0.4) is 0 Å². The monoisotopic (exact) mass is 206 g/mol. The molecule has 82 valence electrons. The van der Waals surface area contributed by atoms with E-state index in [4.69, 9.17) is 10.5 Å². The number of nitrogen functional groups attached to an aromatic ring is 1. The van der Waals surface area contributed by atoms with Gasteiger partial charge in [-0.2, -0.15) is 0 Å². The third-order valence-corrected chi connectivity index (χ3v) is 2.91. The molecule has 0 atom stereocenters. The molecule has 1 saturated carbocycles. The summed E-state index contributed by atoms with van der Waals surface area (Å²) in [4.78, 5) is 4.19. The second-order valence-corrected chi connectivity index (χ2v) is 4.22. The summed E-state index contributed by atoms with van der Waals surface area (Å²) in [5, 5.41) is 0. The summed E-state index contributed by atoms with van der Waals surface area (Å²) < 4.78 is 5.64. The average Bonchev–Trinajstić information content (AvgIpc) is 2.71. The van der Waals surface area contributed by atoms with Crippen LogP contribution in [0.4, 0.5) is 5.82 Å². The van der Waals surface area contributed by atoms with E-state index >= 15 is 0 Å². The van der Waals surface area contributed by atoms with Gasteiger partial charge in [0.2, 0.25) is 0 Å². The van der Waals surface area contributed by atoms with E-state index in [1.807, 2.05) is 12.1 Å². The van der Waals surface area contributed by atoms with Crippen LogP contribution in [0.15, 0.2) is 18.2 Å². The van der Waals surface area contributed by atoms with E-state index in [-0.39, 0.29) is 0 Å². The van der Waals surface area contributed by atoms with Crippen LogP contribution in [0.25, 0.3) is 0 Å². The van der Waals surface area contributed by atoms with Crippen molar-refractivity contribution in [1.82, 2.24) is 4.98 Å². The molecule has 2 N–H and O–H groups in total. The molecule has 1 aliphatic rings. The quantitative estimate of drug-likeness (QED) is 0.822. The third-order valence-electron chi connectivity index (χ3n) is 2.91. The van der Waals surface area contributed by atoms with Crippen LogP contribution < -0.4 is 5.73 Å². The Hall–Kier alpha value is -1.09. The zero-order valence-corrected chi connectivity index (χ0v) is 8.98. The molecule has 1 aromatic heterocycles. The number of aromatic nitrogens is 1. The lowest BCUT2D eigenvalue weighted by Gasteiger charge is -2.09. The maximum atomic E-state index is 5.64. The van der Waals surface area contributed by atoms with Gasteiger partial charge in [-0.1, -0.05) is 18.9 Å². The SMILES string of the molecule is Nc1cccc(COCC2CCCC2)n1. The second kappa shape index (κ2) is 5.12. The van der Waals surface area contributed by atoms with Gasteiger partial charge in [-0.3, -0.25) is 0 Å². The van der Waals surface area contributed by atoms with Crippen LogP contribution in [-0.4, -0.2) is 11.6 Å². The van der Waals surface area contributed by atoms with Crippen LogP contribution in [0.5, 0.6) is 0 Å². The summed E-state index contributed by atoms with van der Waals surface area (Å²) in [6, 6.07) is 5.65. The molecule has 0 aromatic carbocycles. The van der Waals surface area contributed by atoms with Crippen molar-refractivity contribution in [1.29, 1.82) is 0 Å². The molecule has 0 spiro atoms. The van der Waals surface area contributed by atoms with Crippen molar-refractivity contribution in [2.75, 3.05) is 12.3 Å². The number of pyridine rings is 1. The molecule has 0 unspecified atom stereocenters. The Morgan fingerprint density at radius 2 is 2.13 bits per heavy atom. The highest BCUT2D eigenvalue weighted by Gasteiger charge is 2.14. The van der Waals surface area contributed by atoms with Gasteiger partial charge in [-0.15, -0.1) is 0 Å². The Morgan fingerprint density at radius 3 is 2.87 bits per heavy atom.